The molecule has 1 amide bonds. The van der Waals surface area contributed by atoms with Crippen LogP contribution in [0.4, 0.5) is 5.82 Å². The Hall–Kier alpha value is -2.87. The lowest BCUT2D eigenvalue weighted by Crippen LogP contribution is -2.40. The molecule has 5 rings (SSSR count). The second kappa shape index (κ2) is 7.62. The van der Waals surface area contributed by atoms with Gasteiger partial charge in [-0.05, 0) is 45.7 Å². The Kier molecular flexibility index (Phi) is 5.00. The monoisotopic (exact) mass is 436 g/mol. The van der Waals surface area contributed by atoms with E-state index in [2.05, 4.69) is 54.2 Å². The fourth-order valence-corrected chi connectivity index (χ4v) is 4.41. The molecule has 2 aliphatic rings. The summed E-state index contributed by atoms with van der Waals surface area (Å²) in [5, 5.41) is 11.9. The number of carbonyl (C=O) groups is 1. The lowest BCUT2D eigenvalue weighted by atomic mass is 10.1. The molecule has 1 N–H and O–H groups in total. The predicted molar refractivity (Wildman–Crippen MR) is 124 cm³/mol. The van der Waals surface area contributed by atoms with Crippen molar-refractivity contribution in [1.29, 1.82) is 0 Å². The molecule has 8 heteroatoms. The molecule has 1 aliphatic heterocycles. The highest BCUT2D eigenvalue weighted by molar-refractivity contribution is 5.93. The van der Waals surface area contributed by atoms with Crippen LogP contribution in [0.25, 0.3) is 16.8 Å². The number of rotatable bonds is 5. The van der Waals surface area contributed by atoms with Gasteiger partial charge in [0.1, 0.15) is 11.8 Å². The minimum Gasteiger partial charge on any atom is -0.485 e. The average Bonchev–Trinajstić information content (AvgIpc) is 3.27. The highest BCUT2D eigenvalue weighted by Gasteiger charge is 2.37. The Bertz CT molecular complexity index is 1150. The van der Waals surface area contributed by atoms with Gasteiger partial charge in [-0.1, -0.05) is 6.92 Å². The molecular weight excluding hydrogens is 404 g/mol. The van der Waals surface area contributed by atoms with E-state index < -0.39 is 0 Å². The minimum absolute atomic E-state index is 0.0611. The van der Waals surface area contributed by atoms with E-state index in [9.17, 15) is 4.79 Å². The van der Waals surface area contributed by atoms with Gasteiger partial charge in [0, 0.05) is 55.3 Å². The normalized spacial score (nSPS) is 21.9. The molecule has 3 aromatic rings. The van der Waals surface area contributed by atoms with E-state index in [1.54, 1.807) is 4.52 Å². The number of likely N-dealkylation sites (tertiary alicyclic amines) is 1. The number of carbonyl (C=O) groups excluding carboxylic acids is 1. The van der Waals surface area contributed by atoms with Gasteiger partial charge >= 0.3 is 0 Å². The highest BCUT2D eigenvalue weighted by atomic mass is 16.5. The van der Waals surface area contributed by atoms with Crippen LogP contribution in [0.3, 0.4) is 0 Å². The smallest absolute Gasteiger partial charge is 0.228 e. The second-order valence-electron chi connectivity index (χ2n) is 10.3. The van der Waals surface area contributed by atoms with Crippen molar-refractivity contribution in [3.05, 3.63) is 30.6 Å². The molecule has 4 heterocycles. The topological polar surface area (TPSA) is 76.7 Å². The molecule has 0 bridgehead atoms. The third kappa shape index (κ3) is 3.99. The number of aryl methyl sites for hydroxylation is 1. The van der Waals surface area contributed by atoms with Crippen LogP contribution in [0.2, 0.25) is 0 Å². The minimum atomic E-state index is 0.0611. The van der Waals surface area contributed by atoms with Gasteiger partial charge in [-0.2, -0.15) is 10.2 Å². The number of hydrogen-bond acceptors (Lipinski definition) is 5. The van der Waals surface area contributed by atoms with Crippen molar-refractivity contribution in [2.24, 2.45) is 18.9 Å². The molecule has 1 saturated carbocycles. The van der Waals surface area contributed by atoms with Crippen molar-refractivity contribution >= 4 is 17.2 Å². The number of pyridine rings is 1. The van der Waals surface area contributed by atoms with Crippen molar-refractivity contribution in [2.75, 3.05) is 18.4 Å². The van der Waals surface area contributed by atoms with Crippen molar-refractivity contribution in [3.8, 4) is 17.0 Å². The van der Waals surface area contributed by atoms with Crippen LogP contribution in [0.1, 0.15) is 40.5 Å². The first-order chi connectivity index (χ1) is 15.2. The SMILES string of the molecule is C[C@H]1CN(C(C)(C)C)C[C@H]1Oc1cnn(C)c1-c1ccn2nc(NC(=O)C3CC3)cc2c1. The summed E-state index contributed by atoms with van der Waals surface area (Å²) < 4.78 is 10.2. The largest absolute Gasteiger partial charge is 0.485 e. The molecule has 1 saturated heterocycles. The maximum Gasteiger partial charge on any atom is 0.228 e. The predicted octanol–water partition coefficient (Wildman–Crippen LogP) is 3.58. The van der Waals surface area contributed by atoms with Crippen molar-refractivity contribution in [1.82, 2.24) is 24.3 Å². The third-order valence-electron chi connectivity index (χ3n) is 6.61. The zero-order valence-electron chi connectivity index (χ0n) is 19.5. The van der Waals surface area contributed by atoms with Crippen molar-refractivity contribution < 1.29 is 9.53 Å². The Morgan fingerprint density at radius 3 is 2.69 bits per heavy atom. The zero-order chi connectivity index (χ0) is 22.6. The lowest BCUT2D eigenvalue weighted by Gasteiger charge is -2.31. The first-order valence-electron chi connectivity index (χ1n) is 11.4. The molecule has 2 atom stereocenters. The van der Waals surface area contributed by atoms with Gasteiger partial charge in [-0.3, -0.25) is 14.4 Å². The van der Waals surface area contributed by atoms with Crippen molar-refractivity contribution in [3.63, 3.8) is 0 Å². The van der Waals surface area contributed by atoms with Crippen LogP contribution in [0, 0.1) is 11.8 Å². The van der Waals surface area contributed by atoms with Crippen LogP contribution >= 0.6 is 0 Å². The summed E-state index contributed by atoms with van der Waals surface area (Å²) in [6.45, 7) is 10.9. The molecule has 3 aromatic heterocycles. The summed E-state index contributed by atoms with van der Waals surface area (Å²) in [5.41, 5.74) is 2.99. The first-order valence-corrected chi connectivity index (χ1v) is 11.4. The van der Waals surface area contributed by atoms with Crippen LogP contribution in [0.15, 0.2) is 30.6 Å². The van der Waals surface area contributed by atoms with Crippen LogP contribution in [0.5, 0.6) is 5.75 Å². The van der Waals surface area contributed by atoms with E-state index in [1.807, 2.05) is 36.3 Å². The fourth-order valence-electron chi connectivity index (χ4n) is 4.41. The Morgan fingerprint density at radius 2 is 2.00 bits per heavy atom. The molecular formula is C24H32N6O2. The van der Waals surface area contributed by atoms with E-state index >= 15 is 0 Å². The van der Waals surface area contributed by atoms with E-state index in [4.69, 9.17) is 4.74 Å². The first kappa shape index (κ1) is 21.0. The van der Waals surface area contributed by atoms with Gasteiger partial charge in [0.15, 0.2) is 11.6 Å². The summed E-state index contributed by atoms with van der Waals surface area (Å²) in [6, 6.07) is 5.97. The van der Waals surface area contributed by atoms with Crippen LogP contribution in [-0.4, -0.2) is 54.9 Å². The summed E-state index contributed by atoms with van der Waals surface area (Å²) in [6.07, 6.45) is 5.79. The number of anilines is 1. The molecule has 170 valence electrons. The fraction of sp³-hybridized carbons (Fsp3) is 0.542. The van der Waals surface area contributed by atoms with Gasteiger partial charge in [0.25, 0.3) is 0 Å². The molecule has 2 fully saturated rings. The standard InChI is InChI=1S/C24H32N6O2/c1-15-13-29(24(2,3)4)14-20(15)32-19-12-25-28(5)22(19)17-8-9-30-18(10-17)11-21(27-30)26-23(31)16-6-7-16/h8-12,15-16,20H,6-7,13-14H2,1-5H3,(H,26,27,31)/t15-,20+/m0/s1. The van der Waals surface area contributed by atoms with E-state index in [1.165, 1.54) is 0 Å². The third-order valence-corrected chi connectivity index (χ3v) is 6.61. The maximum atomic E-state index is 12.1. The molecule has 0 radical (unpaired) electrons. The number of hydrogen-bond donors (Lipinski definition) is 1. The molecule has 0 spiro atoms. The summed E-state index contributed by atoms with van der Waals surface area (Å²) in [7, 11) is 1.93. The van der Waals surface area contributed by atoms with Gasteiger partial charge in [0.2, 0.25) is 5.91 Å². The van der Waals surface area contributed by atoms with Crippen LogP contribution < -0.4 is 10.1 Å². The summed E-state index contributed by atoms with van der Waals surface area (Å²) in [5.74, 6) is 2.04. The van der Waals surface area contributed by atoms with Gasteiger partial charge in [-0.15, -0.1) is 0 Å². The molecule has 8 nitrogen and oxygen atoms in total. The maximum absolute atomic E-state index is 12.1. The number of fused-ring (bicyclic) bond motifs is 1. The van der Waals surface area contributed by atoms with E-state index in [-0.39, 0.29) is 23.5 Å². The molecule has 0 unspecified atom stereocenters. The van der Waals surface area contributed by atoms with E-state index in [0.29, 0.717) is 11.7 Å². The number of amides is 1. The molecule has 0 aromatic carbocycles. The number of ether oxygens (including phenoxy) is 1. The highest BCUT2D eigenvalue weighted by Crippen LogP contribution is 2.35. The lowest BCUT2D eigenvalue weighted by molar-refractivity contribution is -0.117. The zero-order valence-corrected chi connectivity index (χ0v) is 19.5. The number of nitrogens with one attached hydrogen (secondary N) is 1. The Labute approximate surface area is 188 Å². The summed E-state index contributed by atoms with van der Waals surface area (Å²) >= 11 is 0. The number of aromatic nitrogens is 4. The van der Waals surface area contributed by atoms with Gasteiger partial charge in [-0.25, -0.2) is 4.52 Å². The number of nitrogens with zero attached hydrogens (tertiary/aromatic N) is 5. The van der Waals surface area contributed by atoms with Gasteiger partial charge < -0.3 is 10.1 Å². The average molecular weight is 437 g/mol. The van der Waals surface area contributed by atoms with Crippen LogP contribution in [-0.2, 0) is 11.8 Å². The van der Waals surface area contributed by atoms with Crippen molar-refractivity contribution in [2.45, 2.75) is 52.2 Å². The van der Waals surface area contributed by atoms with Gasteiger partial charge in [0.05, 0.1) is 11.7 Å². The molecule has 1 aliphatic carbocycles. The van der Waals surface area contributed by atoms with E-state index in [0.717, 1.165) is 48.5 Å². The quantitative estimate of drug-likeness (QED) is 0.662. The Morgan fingerprint density at radius 1 is 1.22 bits per heavy atom. The second-order valence-corrected chi connectivity index (χ2v) is 10.3. The molecule has 32 heavy (non-hydrogen) atoms. The Balaban J connectivity index is 1.39. The summed E-state index contributed by atoms with van der Waals surface area (Å²) in [4.78, 5) is 14.6.